The first-order valence-electron chi connectivity index (χ1n) is 9.19. The monoisotopic (exact) mass is 404 g/mol. The minimum absolute atomic E-state index is 0.0938. The third-order valence-electron chi connectivity index (χ3n) is 4.75. The van der Waals surface area contributed by atoms with E-state index in [1.54, 1.807) is 42.7 Å². The molecule has 3 aromatic rings. The minimum Gasteiger partial charge on any atom is -0.503 e. The largest absolute Gasteiger partial charge is 0.503 e. The number of carbonyl (C=O) groups is 2. The number of pyridine rings is 1. The molecule has 0 spiro atoms. The van der Waals surface area contributed by atoms with Gasteiger partial charge in [-0.05, 0) is 53.6 Å². The second-order valence-corrected chi connectivity index (χ2v) is 6.73. The molecule has 1 N–H and O–H groups in total. The number of benzene rings is 1. The highest BCUT2D eigenvalue weighted by Crippen LogP contribution is 2.39. The average molecular weight is 404 g/mol. The molecule has 1 aliphatic rings. The predicted octanol–water partition coefficient (Wildman–Crippen LogP) is 3.99. The van der Waals surface area contributed by atoms with Gasteiger partial charge in [0, 0.05) is 18.9 Å². The van der Waals surface area contributed by atoms with Crippen LogP contribution >= 0.6 is 0 Å². The summed E-state index contributed by atoms with van der Waals surface area (Å²) in [6, 6.07) is 11.5. The van der Waals surface area contributed by atoms with E-state index < -0.39 is 29.3 Å². The standard InChI is InChI=1S/C23H17FN2O4/c24-17-6-1-5-16(12-17)21-20(19(27)9-8-18-7-3-11-30-18)22(28)23(29)26(21)14-15-4-2-10-25-13-15/h1-13,21,28H,14H2/b9-8+. The van der Waals surface area contributed by atoms with Crippen LogP contribution in [0.4, 0.5) is 4.39 Å². The van der Waals surface area contributed by atoms with Gasteiger partial charge in [-0.1, -0.05) is 18.2 Å². The van der Waals surface area contributed by atoms with Crippen LogP contribution in [-0.4, -0.2) is 26.7 Å². The van der Waals surface area contributed by atoms with Gasteiger partial charge < -0.3 is 14.4 Å². The highest BCUT2D eigenvalue weighted by molar-refractivity contribution is 6.14. The number of amides is 1. The maximum Gasteiger partial charge on any atom is 0.290 e. The molecule has 1 unspecified atom stereocenters. The van der Waals surface area contributed by atoms with Crippen LogP contribution in [0, 0.1) is 5.82 Å². The molecule has 2 aromatic heterocycles. The van der Waals surface area contributed by atoms with Crippen LogP contribution in [0.5, 0.6) is 0 Å². The molecule has 1 amide bonds. The van der Waals surface area contributed by atoms with Crippen molar-refractivity contribution in [1.82, 2.24) is 9.88 Å². The van der Waals surface area contributed by atoms with Gasteiger partial charge in [0.15, 0.2) is 11.5 Å². The number of carbonyl (C=O) groups excluding carboxylic acids is 2. The van der Waals surface area contributed by atoms with Crippen molar-refractivity contribution in [2.75, 3.05) is 0 Å². The zero-order chi connectivity index (χ0) is 21.1. The molecule has 1 aromatic carbocycles. The van der Waals surface area contributed by atoms with Crippen molar-refractivity contribution in [2.24, 2.45) is 0 Å². The van der Waals surface area contributed by atoms with Crippen LogP contribution < -0.4 is 0 Å². The molecule has 4 rings (SSSR count). The number of halogens is 1. The van der Waals surface area contributed by atoms with Gasteiger partial charge in [-0.3, -0.25) is 14.6 Å². The number of hydrogen-bond donors (Lipinski definition) is 1. The quantitative estimate of drug-likeness (QED) is 0.628. The maximum absolute atomic E-state index is 13.9. The molecule has 3 heterocycles. The Balaban J connectivity index is 1.74. The SMILES string of the molecule is O=C(/C=C/c1ccco1)C1=C(O)C(=O)N(Cc2cccnc2)C1c1cccc(F)c1. The summed E-state index contributed by atoms with van der Waals surface area (Å²) in [5.41, 5.74) is 0.975. The second-order valence-electron chi connectivity index (χ2n) is 6.73. The molecule has 0 bridgehead atoms. The molecule has 0 saturated heterocycles. The lowest BCUT2D eigenvalue weighted by Crippen LogP contribution is -2.30. The van der Waals surface area contributed by atoms with Crippen LogP contribution in [0.1, 0.15) is 22.9 Å². The molecule has 0 fully saturated rings. The van der Waals surface area contributed by atoms with E-state index in [-0.39, 0.29) is 12.1 Å². The Kier molecular flexibility index (Phi) is 5.26. The maximum atomic E-state index is 13.9. The fraction of sp³-hybridized carbons (Fsp3) is 0.0870. The Morgan fingerprint density at radius 2 is 2.10 bits per heavy atom. The Hall–Kier alpha value is -4.00. The first-order valence-corrected chi connectivity index (χ1v) is 9.19. The summed E-state index contributed by atoms with van der Waals surface area (Å²) >= 11 is 0. The van der Waals surface area contributed by atoms with Gasteiger partial charge in [0.05, 0.1) is 17.9 Å². The van der Waals surface area contributed by atoms with Crippen molar-refractivity contribution >= 4 is 17.8 Å². The van der Waals surface area contributed by atoms with E-state index in [4.69, 9.17) is 4.42 Å². The number of ketones is 1. The van der Waals surface area contributed by atoms with E-state index in [1.165, 1.54) is 41.5 Å². The van der Waals surface area contributed by atoms with E-state index in [0.717, 1.165) is 0 Å². The number of allylic oxidation sites excluding steroid dienone is 1. The normalized spacial score (nSPS) is 16.6. The highest BCUT2D eigenvalue weighted by Gasteiger charge is 2.43. The molecule has 6 nitrogen and oxygen atoms in total. The summed E-state index contributed by atoms with van der Waals surface area (Å²) in [6.07, 6.45) is 7.31. The lowest BCUT2D eigenvalue weighted by Gasteiger charge is -2.26. The third kappa shape index (κ3) is 3.77. The van der Waals surface area contributed by atoms with Gasteiger partial charge in [0.25, 0.3) is 5.91 Å². The fourth-order valence-corrected chi connectivity index (χ4v) is 3.41. The zero-order valence-electron chi connectivity index (χ0n) is 15.7. The molecular weight excluding hydrogens is 387 g/mol. The summed E-state index contributed by atoms with van der Waals surface area (Å²) in [5, 5.41) is 10.5. The molecule has 7 heteroatoms. The van der Waals surface area contributed by atoms with Crippen molar-refractivity contribution in [3.05, 3.63) is 107 Å². The van der Waals surface area contributed by atoms with E-state index in [9.17, 15) is 19.1 Å². The van der Waals surface area contributed by atoms with E-state index in [2.05, 4.69) is 4.98 Å². The molecule has 1 atom stereocenters. The summed E-state index contributed by atoms with van der Waals surface area (Å²) in [5.74, 6) is -1.99. The number of aliphatic hydroxyl groups is 1. The van der Waals surface area contributed by atoms with Crippen molar-refractivity contribution in [1.29, 1.82) is 0 Å². The van der Waals surface area contributed by atoms with E-state index in [1.807, 2.05) is 0 Å². The predicted molar refractivity (Wildman–Crippen MR) is 106 cm³/mol. The minimum atomic E-state index is -0.942. The lowest BCUT2D eigenvalue weighted by atomic mass is 9.95. The molecule has 0 radical (unpaired) electrons. The molecule has 0 saturated carbocycles. The van der Waals surface area contributed by atoms with E-state index in [0.29, 0.717) is 16.9 Å². The van der Waals surface area contributed by atoms with Crippen molar-refractivity contribution in [3.8, 4) is 0 Å². The zero-order valence-corrected chi connectivity index (χ0v) is 15.7. The summed E-state index contributed by atoms with van der Waals surface area (Å²) in [7, 11) is 0. The van der Waals surface area contributed by atoms with Gasteiger partial charge in [0.1, 0.15) is 11.6 Å². The number of hydrogen-bond acceptors (Lipinski definition) is 5. The van der Waals surface area contributed by atoms with Gasteiger partial charge in [-0.2, -0.15) is 0 Å². The Morgan fingerprint density at radius 3 is 2.80 bits per heavy atom. The first kappa shape index (κ1) is 19.3. The number of nitrogens with zero attached hydrogens (tertiary/aromatic N) is 2. The van der Waals surface area contributed by atoms with Crippen LogP contribution in [0.25, 0.3) is 6.08 Å². The number of aromatic nitrogens is 1. The summed E-state index contributed by atoms with van der Waals surface area (Å²) in [6.45, 7) is 0.0938. The fourth-order valence-electron chi connectivity index (χ4n) is 3.41. The van der Waals surface area contributed by atoms with Crippen LogP contribution in [0.2, 0.25) is 0 Å². The molecule has 150 valence electrons. The van der Waals surface area contributed by atoms with Gasteiger partial charge in [-0.15, -0.1) is 0 Å². The van der Waals surface area contributed by atoms with Crippen LogP contribution in [0.3, 0.4) is 0 Å². The Bertz CT molecular complexity index is 1140. The Morgan fingerprint density at radius 1 is 1.23 bits per heavy atom. The van der Waals surface area contributed by atoms with Gasteiger partial charge >= 0.3 is 0 Å². The van der Waals surface area contributed by atoms with Crippen LogP contribution in [-0.2, 0) is 16.1 Å². The Labute approximate surface area is 171 Å². The van der Waals surface area contributed by atoms with Crippen molar-refractivity contribution in [3.63, 3.8) is 0 Å². The van der Waals surface area contributed by atoms with Crippen LogP contribution in [0.15, 0.2) is 89.0 Å². The summed E-state index contributed by atoms with van der Waals surface area (Å²) in [4.78, 5) is 31.1. The molecule has 1 aliphatic heterocycles. The van der Waals surface area contributed by atoms with Gasteiger partial charge in [-0.25, -0.2) is 4.39 Å². The topological polar surface area (TPSA) is 83.6 Å². The number of furan rings is 1. The molecule has 0 aliphatic carbocycles. The molecular formula is C23H17FN2O4. The van der Waals surface area contributed by atoms with E-state index >= 15 is 0 Å². The van der Waals surface area contributed by atoms with Crippen molar-refractivity contribution in [2.45, 2.75) is 12.6 Å². The average Bonchev–Trinajstić information content (AvgIpc) is 3.35. The third-order valence-corrected chi connectivity index (χ3v) is 4.75. The first-order chi connectivity index (χ1) is 14.5. The highest BCUT2D eigenvalue weighted by atomic mass is 19.1. The number of rotatable bonds is 6. The molecule has 30 heavy (non-hydrogen) atoms. The lowest BCUT2D eigenvalue weighted by molar-refractivity contribution is -0.130. The second kappa shape index (κ2) is 8.16. The smallest absolute Gasteiger partial charge is 0.290 e. The summed E-state index contributed by atoms with van der Waals surface area (Å²) < 4.78 is 19.1. The van der Waals surface area contributed by atoms with Gasteiger partial charge in [0.2, 0.25) is 0 Å². The van der Waals surface area contributed by atoms with Crippen molar-refractivity contribution < 1.29 is 23.5 Å². The number of aliphatic hydroxyl groups excluding tert-OH is 1.